The Labute approximate surface area is 119 Å². The van der Waals surface area contributed by atoms with Crippen LogP contribution in [0, 0.1) is 0 Å². The lowest BCUT2D eigenvalue weighted by molar-refractivity contribution is -0.120. The zero-order chi connectivity index (χ0) is 13.5. The fourth-order valence-corrected chi connectivity index (χ4v) is 3.85. The minimum atomic E-state index is 0.439. The van der Waals surface area contributed by atoms with Gasteiger partial charge in [-0.2, -0.15) is 0 Å². The van der Waals surface area contributed by atoms with Crippen molar-refractivity contribution in [1.29, 1.82) is 0 Å². The van der Waals surface area contributed by atoms with Crippen LogP contribution in [0.3, 0.4) is 0 Å². The first-order valence-corrected chi connectivity index (χ1v) is 7.54. The van der Waals surface area contributed by atoms with E-state index in [1.165, 1.54) is 34.2 Å². The van der Waals surface area contributed by atoms with E-state index in [9.17, 15) is 4.79 Å². The highest BCUT2D eigenvalue weighted by Gasteiger charge is 2.27. The largest absolute Gasteiger partial charge is 0.300 e. The van der Waals surface area contributed by atoms with E-state index in [0.29, 0.717) is 11.7 Å². The Morgan fingerprint density at radius 1 is 0.950 bits per heavy atom. The molecule has 1 atom stereocenters. The first-order chi connectivity index (χ1) is 9.83. The lowest BCUT2D eigenvalue weighted by atomic mass is 9.80. The van der Waals surface area contributed by atoms with Crippen LogP contribution in [0.2, 0.25) is 0 Å². The van der Waals surface area contributed by atoms with Gasteiger partial charge in [-0.15, -0.1) is 0 Å². The Hall–Kier alpha value is -1.89. The molecule has 0 heterocycles. The molecule has 0 bridgehead atoms. The third kappa shape index (κ3) is 1.81. The molecule has 1 fully saturated rings. The van der Waals surface area contributed by atoms with E-state index >= 15 is 0 Å². The van der Waals surface area contributed by atoms with Crippen LogP contribution in [0.15, 0.2) is 42.5 Å². The molecule has 4 rings (SSSR count). The Bertz CT molecular complexity index is 684. The summed E-state index contributed by atoms with van der Waals surface area (Å²) >= 11 is 0. The molecule has 1 unspecified atom stereocenters. The molecule has 2 aliphatic carbocycles. The number of carbonyl (C=O) groups is 1. The summed E-state index contributed by atoms with van der Waals surface area (Å²) in [7, 11) is 0. The summed E-state index contributed by atoms with van der Waals surface area (Å²) in [6.45, 7) is 0. The van der Waals surface area contributed by atoms with E-state index < -0.39 is 0 Å². The average molecular weight is 262 g/mol. The van der Waals surface area contributed by atoms with Crippen LogP contribution in [0.1, 0.15) is 48.3 Å². The van der Waals surface area contributed by atoms with Crippen LogP contribution in [-0.2, 0) is 11.2 Å². The lowest BCUT2D eigenvalue weighted by Gasteiger charge is -2.23. The molecular formula is C19H18O. The van der Waals surface area contributed by atoms with Gasteiger partial charge >= 0.3 is 0 Å². The van der Waals surface area contributed by atoms with Crippen LogP contribution >= 0.6 is 0 Å². The molecule has 20 heavy (non-hydrogen) atoms. The van der Waals surface area contributed by atoms with Gasteiger partial charge in [-0.1, -0.05) is 42.5 Å². The van der Waals surface area contributed by atoms with E-state index in [0.717, 1.165) is 25.7 Å². The zero-order valence-corrected chi connectivity index (χ0v) is 11.6. The number of Topliss-reactive ketones (excluding diaryl/α,β-unsaturated/α-hetero) is 1. The maximum Gasteiger partial charge on any atom is 0.133 e. The summed E-state index contributed by atoms with van der Waals surface area (Å²) in [6.07, 6.45) is 4.78. The van der Waals surface area contributed by atoms with Crippen LogP contribution < -0.4 is 0 Å². The Morgan fingerprint density at radius 2 is 1.80 bits per heavy atom. The van der Waals surface area contributed by atoms with Crippen molar-refractivity contribution in [1.82, 2.24) is 0 Å². The van der Waals surface area contributed by atoms with Crippen LogP contribution in [0.25, 0.3) is 11.1 Å². The molecule has 1 saturated carbocycles. The van der Waals surface area contributed by atoms with Crippen LogP contribution in [-0.4, -0.2) is 5.78 Å². The molecule has 1 nitrogen and oxygen atoms in total. The van der Waals surface area contributed by atoms with E-state index in [1.54, 1.807) is 0 Å². The van der Waals surface area contributed by atoms with E-state index in [4.69, 9.17) is 0 Å². The maximum absolute atomic E-state index is 11.8. The highest BCUT2D eigenvalue weighted by molar-refractivity contribution is 5.81. The van der Waals surface area contributed by atoms with Gasteiger partial charge in [0.2, 0.25) is 0 Å². The molecule has 2 aromatic rings. The highest BCUT2D eigenvalue weighted by atomic mass is 16.1. The van der Waals surface area contributed by atoms with Crippen LogP contribution in [0.5, 0.6) is 0 Å². The molecule has 0 saturated heterocycles. The van der Waals surface area contributed by atoms with Crippen molar-refractivity contribution in [3.8, 4) is 11.1 Å². The molecule has 0 radical (unpaired) electrons. The fourth-order valence-electron chi connectivity index (χ4n) is 3.85. The van der Waals surface area contributed by atoms with E-state index in [-0.39, 0.29) is 0 Å². The Balaban J connectivity index is 1.79. The summed E-state index contributed by atoms with van der Waals surface area (Å²) in [6, 6.07) is 15.3. The molecule has 0 aromatic heterocycles. The number of hydrogen-bond donors (Lipinski definition) is 0. The van der Waals surface area contributed by atoms with Gasteiger partial charge in [-0.05, 0) is 53.0 Å². The summed E-state index contributed by atoms with van der Waals surface area (Å²) < 4.78 is 0. The standard InChI is InChI=1S/C19H18O/c20-15-7-3-6-13(11-15)17-9-4-10-18-16-8-2-1-5-14(16)12-19(17)18/h1-2,4-5,8-10,13H,3,6-7,11-12H2. The highest BCUT2D eigenvalue weighted by Crippen LogP contribution is 2.42. The number of rotatable bonds is 1. The second-order valence-electron chi connectivity index (χ2n) is 6.04. The van der Waals surface area contributed by atoms with Gasteiger partial charge in [-0.25, -0.2) is 0 Å². The molecule has 100 valence electrons. The normalized spacial score (nSPS) is 20.6. The van der Waals surface area contributed by atoms with E-state index in [2.05, 4.69) is 42.5 Å². The van der Waals surface area contributed by atoms with Crippen molar-refractivity contribution < 1.29 is 4.79 Å². The molecule has 2 aliphatic rings. The Morgan fingerprint density at radius 3 is 2.70 bits per heavy atom. The Kier molecular flexibility index (Phi) is 2.73. The maximum atomic E-state index is 11.8. The predicted octanol–water partition coefficient (Wildman–Crippen LogP) is 4.48. The quantitative estimate of drug-likeness (QED) is 0.631. The van der Waals surface area contributed by atoms with Crippen molar-refractivity contribution in [3.63, 3.8) is 0 Å². The first kappa shape index (κ1) is 11.9. The second-order valence-corrected chi connectivity index (χ2v) is 6.04. The van der Waals surface area contributed by atoms with Gasteiger partial charge in [0.05, 0.1) is 0 Å². The third-order valence-corrected chi connectivity index (χ3v) is 4.81. The summed E-state index contributed by atoms with van der Waals surface area (Å²) in [5, 5.41) is 0. The van der Waals surface area contributed by atoms with Crippen molar-refractivity contribution in [2.24, 2.45) is 0 Å². The minimum absolute atomic E-state index is 0.439. The molecule has 0 spiro atoms. The molecule has 1 heteroatoms. The minimum Gasteiger partial charge on any atom is -0.300 e. The monoisotopic (exact) mass is 262 g/mol. The molecule has 0 aliphatic heterocycles. The topological polar surface area (TPSA) is 17.1 Å². The summed E-state index contributed by atoms with van der Waals surface area (Å²) in [4.78, 5) is 11.8. The van der Waals surface area contributed by atoms with Crippen molar-refractivity contribution in [2.45, 2.75) is 38.0 Å². The van der Waals surface area contributed by atoms with Crippen LogP contribution in [0.4, 0.5) is 0 Å². The van der Waals surface area contributed by atoms with Gasteiger partial charge < -0.3 is 0 Å². The second kappa shape index (κ2) is 4.59. The molecule has 2 aromatic carbocycles. The molecule has 0 N–H and O–H groups in total. The summed E-state index contributed by atoms with van der Waals surface area (Å²) in [5.41, 5.74) is 7.08. The van der Waals surface area contributed by atoms with Gasteiger partial charge in [0, 0.05) is 12.8 Å². The fraction of sp³-hybridized carbons (Fsp3) is 0.316. The van der Waals surface area contributed by atoms with Gasteiger partial charge in [0.1, 0.15) is 5.78 Å². The number of benzene rings is 2. The number of carbonyl (C=O) groups excluding carboxylic acids is 1. The summed E-state index contributed by atoms with van der Waals surface area (Å²) in [5.74, 6) is 0.884. The van der Waals surface area contributed by atoms with E-state index in [1.807, 2.05) is 0 Å². The third-order valence-electron chi connectivity index (χ3n) is 4.81. The SMILES string of the molecule is O=C1CCCC(c2cccc3c2Cc2ccccc2-3)C1. The smallest absolute Gasteiger partial charge is 0.133 e. The molecular weight excluding hydrogens is 244 g/mol. The van der Waals surface area contributed by atoms with Gasteiger partial charge in [-0.3, -0.25) is 4.79 Å². The number of hydrogen-bond acceptors (Lipinski definition) is 1. The average Bonchev–Trinajstić information content (AvgIpc) is 2.86. The van der Waals surface area contributed by atoms with Crippen molar-refractivity contribution in [2.75, 3.05) is 0 Å². The van der Waals surface area contributed by atoms with Crippen molar-refractivity contribution in [3.05, 3.63) is 59.2 Å². The molecule has 0 amide bonds. The zero-order valence-electron chi connectivity index (χ0n) is 11.6. The van der Waals surface area contributed by atoms with Gasteiger partial charge in [0.15, 0.2) is 0 Å². The number of ketones is 1. The van der Waals surface area contributed by atoms with Gasteiger partial charge in [0.25, 0.3) is 0 Å². The first-order valence-electron chi connectivity index (χ1n) is 7.54. The van der Waals surface area contributed by atoms with Crippen molar-refractivity contribution >= 4 is 5.78 Å². The number of fused-ring (bicyclic) bond motifs is 3. The lowest BCUT2D eigenvalue weighted by Crippen LogP contribution is -2.14. The predicted molar refractivity (Wildman–Crippen MR) is 80.9 cm³/mol.